The van der Waals surface area contributed by atoms with Crippen molar-refractivity contribution in [2.75, 3.05) is 46.4 Å². The quantitative estimate of drug-likeness (QED) is 0.786. The number of rotatable bonds is 7. The Labute approximate surface area is 141 Å². The molecule has 1 aliphatic rings. The molecule has 0 radical (unpaired) electrons. The predicted octanol–water partition coefficient (Wildman–Crippen LogP) is 0.618. The molecule has 1 aromatic rings. The van der Waals surface area contributed by atoms with Crippen LogP contribution in [0.3, 0.4) is 0 Å². The third-order valence-corrected chi connectivity index (χ3v) is 3.76. The summed E-state index contributed by atoms with van der Waals surface area (Å²) in [7, 11) is 1.72. The Morgan fingerprint density at radius 3 is 2.96 bits per heavy atom. The average Bonchev–Trinajstić information content (AvgIpc) is 2.52. The van der Waals surface area contributed by atoms with Gasteiger partial charge >= 0.3 is 5.97 Å². The van der Waals surface area contributed by atoms with E-state index in [4.69, 9.17) is 14.6 Å². The highest BCUT2D eigenvalue weighted by atomic mass is 16.5. The number of amides is 1. The molecular formula is C17H24N2O5. The second-order valence-electron chi connectivity index (χ2n) is 6.03. The fourth-order valence-electron chi connectivity index (χ4n) is 2.64. The lowest BCUT2D eigenvalue weighted by molar-refractivity contribution is -0.143. The summed E-state index contributed by atoms with van der Waals surface area (Å²) in [6, 6.07) is 7.56. The van der Waals surface area contributed by atoms with Gasteiger partial charge in [-0.05, 0) is 31.7 Å². The number of carboxylic acid groups (broad SMARTS) is 1. The maximum absolute atomic E-state index is 12.3. The van der Waals surface area contributed by atoms with Gasteiger partial charge in [-0.15, -0.1) is 0 Å². The number of ether oxygens (including phenoxy) is 2. The first kappa shape index (κ1) is 18.2. The topological polar surface area (TPSA) is 79.3 Å². The Kier molecular flexibility index (Phi) is 6.57. The van der Waals surface area contributed by atoms with E-state index in [2.05, 4.69) is 0 Å². The van der Waals surface area contributed by atoms with Gasteiger partial charge in [-0.3, -0.25) is 14.5 Å². The molecule has 7 nitrogen and oxygen atoms in total. The normalized spacial score (nSPS) is 17.8. The number of morpholine rings is 1. The van der Waals surface area contributed by atoms with Crippen molar-refractivity contribution >= 4 is 11.9 Å². The zero-order valence-corrected chi connectivity index (χ0v) is 14.1. The summed E-state index contributed by atoms with van der Waals surface area (Å²) in [5.74, 6) is -0.298. The number of aryl methyl sites for hydroxylation is 1. The smallest absolute Gasteiger partial charge is 0.317 e. The number of benzene rings is 1. The molecule has 1 saturated heterocycles. The summed E-state index contributed by atoms with van der Waals surface area (Å²) >= 11 is 0. The second kappa shape index (κ2) is 8.65. The molecule has 24 heavy (non-hydrogen) atoms. The number of carboxylic acids is 1. The van der Waals surface area contributed by atoms with Gasteiger partial charge in [-0.1, -0.05) is 12.1 Å². The molecule has 7 heteroatoms. The van der Waals surface area contributed by atoms with Gasteiger partial charge in [-0.25, -0.2) is 0 Å². The molecule has 1 aliphatic heterocycles. The van der Waals surface area contributed by atoms with Crippen LogP contribution in [0.15, 0.2) is 24.3 Å². The SMILES string of the molecule is Cc1cccc(OCC(=O)N2CCOC(CN(C)CC(=O)O)C2)c1. The van der Waals surface area contributed by atoms with Crippen molar-refractivity contribution < 1.29 is 24.2 Å². The van der Waals surface area contributed by atoms with Crippen LogP contribution in [0.5, 0.6) is 5.75 Å². The van der Waals surface area contributed by atoms with Gasteiger partial charge in [0.25, 0.3) is 5.91 Å². The monoisotopic (exact) mass is 336 g/mol. The van der Waals surface area contributed by atoms with Crippen LogP contribution < -0.4 is 4.74 Å². The third kappa shape index (κ3) is 5.82. The van der Waals surface area contributed by atoms with Crippen LogP contribution in [-0.4, -0.2) is 79.3 Å². The lowest BCUT2D eigenvalue weighted by Gasteiger charge is -2.34. The van der Waals surface area contributed by atoms with Crippen LogP contribution in [0.4, 0.5) is 0 Å². The van der Waals surface area contributed by atoms with E-state index in [1.165, 1.54) is 0 Å². The molecule has 0 aliphatic carbocycles. The summed E-state index contributed by atoms with van der Waals surface area (Å²) < 4.78 is 11.2. The minimum absolute atomic E-state index is 0.0128. The van der Waals surface area contributed by atoms with E-state index in [1.54, 1.807) is 16.8 Å². The van der Waals surface area contributed by atoms with Crippen molar-refractivity contribution in [3.63, 3.8) is 0 Å². The summed E-state index contributed by atoms with van der Waals surface area (Å²) in [4.78, 5) is 26.4. The summed E-state index contributed by atoms with van der Waals surface area (Å²) in [5.41, 5.74) is 1.08. The molecule has 1 unspecified atom stereocenters. The second-order valence-corrected chi connectivity index (χ2v) is 6.03. The van der Waals surface area contributed by atoms with Crippen molar-refractivity contribution in [2.45, 2.75) is 13.0 Å². The fourth-order valence-corrected chi connectivity index (χ4v) is 2.64. The van der Waals surface area contributed by atoms with E-state index >= 15 is 0 Å². The van der Waals surface area contributed by atoms with Gasteiger partial charge in [0, 0.05) is 19.6 Å². The maximum atomic E-state index is 12.3. The largest absolute Gasteiger partial charge is 0.484 e. The molecule has 1 heterocycles. The first-order valence-electron chi connectivity index (χ1n) is 7.93. The highest BCUT2D eigenvalue weighted by Gasteiger charge is 2.25. The summed E-state index contributed by atoms with van der Waals surface area (Å²) in [6.07, 6.45) is -0.189. The highest BCUT2D eigenvalue weighted by molar-refractivity contribution is 5.78. The first-order valence-corrected chi connectivity index (χ1v) is 7.93. The van der Waals surface area contributed by atoms with Crippen LogP contribution in [-0.2, 0) is 14.3 Å². The number of aliphatic carboxylic acids is 1. The predicted molar refractivity (Wildman–Crippen MR) is 88.1 cm³/mol. The number of carbonyl (C=O) groups excluding carboxylic acids is 1. The van der Waals surface area contributed by atoms with Crippen LogP contribution in [0.2, 0.25) is 0 Å². The van der Waals surface area contributed by atoms with Crippen molar-refractivity contribution in [3.05, 3.63) is 29.8 Å². The molecule has 0 aromatic heterocycles. The molecule has 0 spiro atoms. The minimum atomic E-state index is -0.882. The zero-order chi connectivity index (χ0) is 17.5. The van der Waals surface area contributed by atoms with Gasteiger partial charge in [0.1, 0.15) is 5.75 Å². The molecule has 0 saturated carbocycles. The first-order chi connectivity index (χ1) is 11.4. The highest BCUT2D eigenvalue weighted by Crippen LogP contribution is 2.13. The molecule has 1 atom stereocenters. The van der Waals surface area contributed by atoms with Crippen LogP contribution >= 0.6 is 0 Å². The van der Waals surface area contributed by atoms with E-state index in [0.29, 0.717) is 32.0 Å². The zero-order valence-electron chi connectivity index (χ0n) is 14.1. The minimum Gasteiger partial charge on any atom is -0.484 e. The van der Waals surface area contributed by atoms with Crippen LogP contribution in [0.25, 0.3) is 0 Å². The van der Waals surface area contributed by atoms with E-state index in [0.717, 1.165) is 5.56 Å². The van der Waals surface area contributed by atoms with Crippen molar-refractivity contribution in [1.29, 1.82) is 0 Å². The lowest BCUT2D eigenvalue weighted by Crippen LogP contribution is -2.50. The van der Waals surface area contributed by atoms with Crippen molar-refractivity contribution in [1.82, 2.24) is 9.80 Å². The lowest BCUT2D eigenvalue weighted by atomic mass is 10.2. The summed E-state index contributed by atoms with van der Waals surface area (Å²) in [5, 5.41) is 8.79. The van der Waals surface area contributed by atoms with Crippen molar-refractivity contribution in [2.24, 2.45) is 0 Å². The molecule has 132 valence electrons. The number of carbonyl (C=O) groups is 2. The Morgan fingerprint density at radius 2 is 2.25 bits per heavy atom. The van der Waals surface area contributed by atoms with E-state index < -0.39 is 5.97 Å². The van der Waals surface area contributed by atoms with Crippen molar-refractivity contribution in [3.8, 4) is 5.75 Å². The Bertz CT molecular complexity index is 578. The number of likely N-dealkylation sites (N-methyl/N-ethyl adjacent to an activating group) is 1. The molecule has 1 amide bonds. The Balaban J connectivity index is 1.80. The van der Waals surface area contributed by atoms with E-state index in [-0.39, 0.29) is 25.2 Å². The molecular weight excluding hydrogens is 312 g/mol. The van der Waals surface area contributed by atoms with Gasteiger partial charge < -0.3 is 19.5 Å². The Morgan fingerprint density at radius 1 is 1.46 bits per heavy atom. The number of nitrogens with zero attached hydrogens (tertiary/aromatic N) is 2. The fraction of sp³-hybridized carbons (Fsp3) is 0.529. The Hall–Kier alpha value is -2.12. The van der Waals surface area contributed by atoms with Gasteiger partial charge in [0.15, 0.2) is 6.61 Å². The maximum Gasteiger partial charge on any atom is 0.317 e. The van der Waals surface area contributed by atoms with Gasteiger partial charge in [0.2, 0.25) is 0 Å². The number of hydrogen-bond acceptors (Lipinski definition) is 5. The molecule has 1 aromatic carbocycles. The number of hydrogen-bond donors (Lipinski definition) is 1. The summed E-state index contributed by atoms with van der Waals surface area (Å²) in [6.45, 7) is 3.78. The van der Waals surface area contributed by atoms with E-state index in [9.17, 15) is 9.59 Å². The standard InChI is InChI=1S/C17H24N2O5/c1-13-4-3-5-14(8-13)24-12-16(20)19-6-7-23-15(10-19)9-18(2)11-17(21)22/h3-5,8,15H,6-7,9-12H2,1-2H3,(H,21,22). The molecule has 0 bridgehead atoms. The van der Waals surface area contributed by atoms with Crippen LogP contribution in [0, 0.1) is 6.92 Å². The third-order valence-electron chi connectivity index (χ3n) is 3.76. The van der Waals surface area contributed by atoms with E-state index in [1.807, 2.05) is 31.2 Å². The van der Waals surface area contributed by atoms with Gasteiger partial charge in [-0.2, -0.15) is 0 Å². The molecule has 2 rings (SSSR count). The average molecular weight is 336 g/mol. The molecule has 1 N–H and O–H groups in total. The van der Waals surface area contributed by atoms with Crippen LogP contribution in [0.1, 0.15) is 5.56 Å². The van der Waals surface area contributed by atoms with Gasteiger partial charge in [0.05, 0.1) is 19.3 Å². The molecule has 1 fully saturated rings.